The third-order valence-corrected chi connectivity index (χ3v) is 5.56. The van der Waals surface area contributed by atoms with Gasteiger partial charge in [-0.25, -0.2) is 9.67 Å². The molecule has 1 saturated heterocycles. The van der Waals surface area contributed by atoms with Crippen molar-refractivity contribution >= 4 is 17.7 Å². The summed E-state index contributed by atoms with van der Waals surface area (Å²) in [5, 5.41) is 22.9. The standard InChI is InChI=1S/C22H22N8O2/c1-28-13-9-22(32,20(28)31)16-5-3-4-15(14-16)17-7-12-30(26-17)19-6-10-23-21(25-19)24-18-8-11-29(2)27-18/h3-8,10-12,14,32H,9,13H2,1-2H3,(H,23,24,25,27). The van der Waals surface area contributed by atoms with Crippen molar-refractivity contribution in [2.24, 2.45) is 7.05 Å². The molecule has 1 unspecified atom stereocenters. The summed E-state index contributed by atoms with van der Waals surface area (Å²) in [6.07, 6.45) is 5.65. The van der Waals surface area contributed by atoms with E-state index in [1.165, 1.54) is 0 Å². The summed E-state index contributed by atoms with van der Waals surface area (Å²) >= 11 is 0. The van der Waals surface area contributed by atoms with E-state index in [4.69, 9.17) is 0 Å². The van der Waals surface area contributed by atoms with Crippen LogP contribution < -0.4 is 5.32 Å². The molecule has 1 fully saturated rings. The molecule has 5 rings (SSSR count). The molecule has 4 heterocycles. The van der Waals surface area contributed by atoms with Gasteiger partial charge in [0.05, 0.1) is 5.69 Å². The van der Waals surface area contributed by atoms with Crippen molar-refractivity contribution in [3.8, 4) is 17.1 Å². The molecule has 1 atom stereocenters. The van der Waals surface area contributed by atoms with Crippen LogP contribution in [0.2, 0.25) is 0 Å². The Morgan fingerprint density at radius 2 is 1.97 bits per heavy atom. The molecule has 3 aromatic heterocycles. The van der Waals surface area contributed by atoms with E-state index in [9.17, 15) is 9.90 Å². The lowest BCUT2D eigenvalue weighted by atomic mass is 9.90. The number of carbonyl (C=O) groups excluding carboxylic acids is 1. The van der Waals surface area contributed by atoms with Crippen LogP contribution in [0, 0.1) is 0 Å². The van der Waals surface area contributed by atoms with Crippen molar-refractivity contribution in [2.45, 2.75) is 12.0 Å². The molecule has 0 spiro atoms. The highest BCUT2D eigenvalue weighted by Crippen LogP contribution is 2.34. The predicted octanol–water partition coefficient (Wildman–Crippen LogP) is 1.86. The van der Waals surface area contributed by atoms with E-state index >= 15 is 0 Å². The second-order valence-electron chi connectivity index (χ2n) is 7.80. The molecule has 32 heavy (non-hydrogen) atoms. The molecule has 1 aromatic carbocycles. The van der Waals surface area contributed by atoms with Crippen molar-refractivity contribution in [3.63, 3.8) is 0 Å². The van der Waals surface area contributed by atoms with Crippen molar-refractivity contribution in [1.82, 2.24) is 34.4 Å². The Hall–Kier alpha value is -4.05. The highest BCUT2D eigenvalue weighted by Gasteiger charge is 2.45. The maximum Gasteiger partial charge on any atom is 0.258 e. The fraction of sp³-hybridized carbons (Fsp3) is 0.227. The number of anilines is 2. The molecule has 162 valence electrons. The lowest BCUT2D eigenvalue weighted by molar-refractivity contribution is -0.143. The van der Waals surface area contributed by atoms with Gasteiger partial charge in [0.25, 0.3) is 5.91 Å². The monoisotopic (exact) mass is 430 g/mol. The summed E-state index contributed by atoms with van der Waals surface area (Å²) in [5.41, 5.74) is 0.583. The quantitative estimate of drug-likeness (QED) is 0.497. The lowest BCUT2D eigenvalue weighted by Crippen LogP contribution is -2.36. The van der Waals surface area contributed by atoms with Gasteiger partial charge in [0.15, 0.2) is 17.2 Å². The highest BCUT2D eigenvalue weighted by atomic mass is 16.3. The topological polar surface area (TPSA) is 114 Å². The summed E-state index contributed by atoms with van der Waals surface area (Å²) in [6, 6.07) is 12.8. The molecular weight excluding hydrogens is 408 g/mol. The largest absolute Gasteiger partial charge is 0.375 e. The first-order valence-electron chi connectivity index (χ1n) is 10.2. The SMILES string of the molecule is CN1CCC(O)(c2cccc(-c3ccn(-c4ccnc(Nc5ccn(C)n5)n4)n3)c2)C1=O. The smallest absolute Gasteiger partial charge is 0.258 e. The normalized spacial score (nSPS) is 18.3. The average Bonchev–Trinajstić information content (AvgIpc) is 3.52. The van der Waals surface area contributed by atoms with E-state index in [0.717, 1.165) is 5.56 Å². The summed E-state index contributed by atoms with van der Waals surface area (Å²) in [4.78, 5) is 22.7. The van der Waals surface area contributed by atoms with Crippen molar-refractivity contribution < 1.29 is 9.90 Å². The Labute approximate surface area is 184 Å². The van der Waals surface area contributed by atoms with Crippen LogP contribution in [-0.2, 0) is 17.4 Å². The van der Waals surface area contributed by atoms with E-state index in [2.05, 4.69) is 25.5 Å². The van der Waals surface area contributed by atoms with Gasteiger partial charge in [-0.15, -0.1) is 0 Å². The van der Waals surface area contributed by atoms with Crippen LogP contribution in [0.15, 0.2) is 61.1 Å². The minimum Gasteiger partial charge on any atom is -0.375 e. The molecule has 0 bridgehead atoms. The third kappa shape index (κ3) is 3.50. The Morgan fingerprint density at radius 3 is 2.72 bits per heavy atom. The molecule has 0 aliphatic carbocycles. The minimum absolute atomic E-state index is 0.283. The average molecular weight is 430 g/mol. The number of aliphatic hydroxyl groups is 1. The van der Waals surface area contributed by atoms with E-state index in [-0.39, 0.29) is 5.91 Å². The predicted molar refractivity (Wildman–Crippen MR) is 117 cm³/mol. The maximum atomic E-state index is 12.5. The van der Waals surface area contributed by atoms with Crippen LogP contribution in [-0.4, -0.2) is 59.0 Å². The Morgan fingerprint density at radius 1 is 1.09 bits per heavy atom. The number of likely N-dealkylation sites (N-methyl/N-ethyl adjacent to an activating group) is 1. The fourth-order valence-corrected chi connectivity index (χ4v) is 3.80. The third-order valence-electron chi connectivity index (χ3n) is 5.56. The number of carbonyl (C=O) groups is 1. The van der Waals surface area contributed by atoms with Crippen LogP contribution in [0.1, 0.15) is 12.0 Å². The molecule has 1 aliphatic rings. The van der Waals surface area contributed by atoms with Gasteiger partial charge < -0.3 is 15.3 Å². The first-order chi connectivity index (χ1) is 15.4. The maximum absolute atomic E-state index is 12.5. The van der Waals surface area contributed by atoms with E-state index in [1.54, 1.807) is 45.8 Å². The van der Waals surface area contributed by atoms with E-state index in [1.807, 2.05) is 43.6 Å². The van der Waals surface area contributed by atoms with Gasteiger partial charge in [-0.05, 0) is 17.7 Å². The van der Waals surface area contributed by atoms with E-state index in [0.29, 0.717) is 41.8 Å². The Balaban J connectivity index is 1.41. The van der Waals surface area contributed by atoms with Gasteiger partial charge in [-0.1, -0.05) is 18.2 Å². The molecule has 2 N–H and O–H groups in total. The van der Waals surface area contributed by atoms with Crippen LogP contribution in [0.25, 0.3) is 17.1 Å². The number of hydrogen-bond donors (Lipinski definition) is 2. The van der Waals surface area contributed by atoms with Crippen LogP contribution >= 0.6 is 0 Å². The summed E-state index contributed by atoms with van der Waals surface area (Å²) in [7, 11) is 3.53. The molecule has 4 aromatic rings. The molecule has 1 aliphatic heterocycles. The number of nitrogens with zero attached hydrogens (tertiary/aromatic N) is 7. The summed E-state index contributed by atoms with van der Waals surface area (Å²) in [5.74, 6) is 1.36. The first-order valence-corrected chi connectivity index (χ1v) is 10.2. The van der Waals surface area contributed by atoms with Gasteiger partial charge in [-0.3, -0.25) is 9.48 Å². The minimum atomic E-state index is -1.49. The van der Waals surface area contributed by atoms with Gasteiger partial charge in [-0.2, -0.15) is 15.2 Å². The molecule has 10 heteroatoms. The summed E-state index contributed by atoms with van der Waals surface area (Å²) in [6.45, 7) is 0.525. The number of nitrogens with one attached hydrogen (secondary N) is 1. The number of benzene rings is 1. The lowest BCUT2D eigenvalue weighted by Gasteiger charge is -2.21. The Bertz CT molecular complexity index is 1300. The molecular formula is C22H22N8O2. The number of aryl methyl sites for hydroxylation is 1. The van der Waals surface area contributed by atoms with Gasteiger partial charge in [0, 0.05) is 63.3 Å². The molecule has 0 radical (unpaired) electrons. The number of hydrogen-bond acceptors (Lipinski definition) is 7. The highest BCUT2D eigenvalue weighted by molar-refractivity contribution is 5.88. The van der Waals surface area contributed by atoms with Gasteiger partial charge in [0.2, 0.25) is 5.95 Å². The van der Waals surface area contributed by atoms with Crippen molar-refractivity contribution in [2.75, 3.05) is 18.9 Å². The summed E-state index contributed by atoms with van der Waals surface area (Å²) < 4.78 is 3.34. The zero-order valence-electron chi connectivity index (χ0n) is 17.7. The van der Waals surface area contributed by atoms with Crippen LogP contribution in [0.3, 0.4) is 0 Å². The van der Waals surface area contributed by atoms with Crippen LogP contribution in [0.5, 0.6) is 0 Å². The second kappa shape index (κ2) is 7.57. The number of aromatic nitrogens is 6. The van der Waals surface area contributed by atoms with Crippen molar-refractivity contribution in [1.29, 1.82) is 0 Å². The number of rotatable bonds is 5. The Kier molecular flexibility index (Phi) is 4.71. The van der Waals surface area contributed by atoms with E-state index < -0.39 is 5.60 Å². The molecule has 1 amide bonds. The fourth-order valence-electron chi connectivity index (χ4n) is 3.80. The zero-order chi connectivity index (χ0) is 22.3. The zero-order valence-corrected chi connectivity index (χ0v) is 17.7. The van der Waals surface area contributed by atoms with Crippen LogP contribution in [0.4, 0.5) is 11.8 Å². The number of likely N-dealkylation sites (tertiary alicyclic amines) is 1. The van der Waals surface area contributed by atoms with Crippen molar-refractivity contribution in [3.05, 3.63) is 66.6 Å². The van der Waals surface area contributed by atoms with Gasteiger partial charge >= 0.3 is 0 Å². The van der Waals surface area contributed by atoms with Gasteiger partial charge in [0.1, 0.15) is 0 Å². The molecule has 0 saturated carbocycles. The number of amides is 1. The molecule has 10 nitrogen and oxygen atoms in total. The second-order valence-corrected chi connectivity index (χ2v) is 7.80. The first kappa shape index (κ1) is 19.9.